The van der Waals surface area contributed by atoms with E-state index in [1.165, 1.54) is 0 Å². The summed E-state index contributed by atoms with van der Waals surface area (Å²) in [6, 6.07) is 11.6. The Morgan fingerprint density at radius 2 is 1.73 bits per heavy atom. The molecular weight excluding hydrogens is 328 g/mol. The molecule has 0 saturated carbocycles. The molecule has 0 saturated heterocycles. The third-order valence-electron chi connectivity index (χ3n) is 4.64. The minimum absolute atomic E-state index is 0.104. The van der Waals surface area contributed by atoms with E-state index >= 15 is 0 Å². The number of ketones is 2. The second kappa shape index (κ2) is 7.52. The molecule has 1 aliphatic carbocycles. The van der Waals surface area contributed by atoms with Gasteiger partial charge in [-0.2, -0.15) is 4.57 Å². The van der Waals surface area contributed by atoms with Crippen molar-refractivity contribution in [3.63, 3.8) is 0 Å². The van der Waals surface area contributed by atoms with Gasteiger partial charge in [0.25, 0.3) is 0 Å². The van der Waals surface area contributed by atoms with Gasteiger partial charge in [0.15, 0.2) is 18.2 Å². The number of allylic oxidation sites excluding steroid dienone is 2. The van der Waals surface area contributed by atoms with Crippen molar-refractivity contribution in [3.05, 3.63) is 71.8 Å². The zero-order valence-electron chi connectivity index (χ0n) is 15.0. The van der Waals surface area contributed by atoms with Gasteiger partial charge in [0.1, 0.15) is 0 Å². The molecule has 0 spiro atoms. The second-order valence-corrected chi connectivity index (χ2v) is 6.64. The van der Waals surface area contributed by atoms with Crippen LogP contribution in [0, 0.1) is 0 Å². The summed E-state index contributed by atoms with van der Waals surface area (Å²) in [5.74, 6) is -0.689. The Balaban J connectivity index is 2.10. The first kappa shape index (κ1) is 17.9. The van der Waals surface area contributed by atoms with Gasteiger partial charge in [-0.3, -0.25) is 9.59 Å². The van der Waals surface area contributed by atoms with Crippen LogP contribution >= 0.6 is 0 Å². The number of Topliss-reactive ketones (excluding diaryl/α,β-unsaturated/α-hetero) is 2. The van der Waals surface area contributed by atoms with Crippen LogP contribution in [0.3, 0.4) is 0 Å². The highest BCUT2D eigenvalue weighted by atomic mass is 16.3. The van der Waals surface area contributed by atoms with Crippen molar-refractivity contribution < 1.29 is 19.3 Å². The molecule has 0 aliphatic heterocycles. The van der Waals surface area contributed by atoms with Gasteiger partial charge in [0, 0.05) is 43.9 Å². The predicted octanol–water partition coefficient (Wildman–Crippen LogP) is 1.83. The van der Waals surface area contributed by atoms with Crippen molar-refractivity contribution in [2.24, 2.45) is 0 Å². The molecule has 134 valence electrons. The average molecular weight is 350 g/mol. The van der Waals surface area contributed by atoms with Gasteiger partial charge in [-0.25, -0.2) is 0 Å². The molecule has 26 heavy (non-hydrogen) atoms. The van der Waals surface area contributed by atoms with Crippen molar-refractivity contribution >= 4 is 17.3 Å². The molecule has 3 rings (SSSR count). The number of carbonyl (C=O) groups is 2. The summed E-state index contributed by atoms with van der Waals surface area (Å²) >= 11 is 0. The Kier molecular flexibility index (Phi) is 5.16. The van der Waals surface area contributed by atoms with Crippen LogP contribution in [-0.2, 0) is 4.79 Å². The van der Waals surface area contributed by atoms with E-state index in [1.807, 2.05) is 37.2 Å². The fraction of sp³-hybridized carbons (Fsp3) is 0.286. The Bertz CT molecular complexity index is 839. The van der Waals surface area contributed by atoms with E-state index in [-0.39, 0.29) is 22.9 Å². The number of rotatable bonds is 5. The van der Waals surface area contributed by atoms with Crippen molar-refractivity contribution in [2.45, 2.75) is 25.3 Å². The lowest BCUT2D eigenvalue weighted by atomic mass is 9.87. The number of nitrogens with zero attached hydrogens (tertiary/aromatic N) is 2. The fourth-order valence-electron chi connectivity index (χ4n) is 3.22. The van der Waals surface area contributed by atoms with Crippen molar-refractivity contribution in [1.29, 1.82) is 0 Å². The Labute approximate surface area is 153 Å². The summed E-state index contributed by atoms with van der Waals surface area (Å²) in [6.07, 6.45) is 4.69. The molecule has 0 bridgehead atoms. The van der Waals surface area contributed by atoms with E-state index in [0.717, 1.165) is 5.69 Å². The minimum atomic E-state index is -0.922. The van der Waals surface area contributed by atoms with Gasteiger partial charge in [0.2, 0.25) is 11.8 Å². The molecule has 0 fully saturated rings. The highest BCUT2D eigenvalue weighted by molar-refractivity contribution is 6.08. The highest BCUT2D eigenvalue weighted by Crippen LogP contribution is 2.28. The maximum absolute atomic E-state index is 13.2. The first-order valence-corrected chi connectivity index (χ1v) is 8.69. The third-order valence-corrected chi connectivity index (χ3v) is 4.64. The normalized spacial score (nSPS) is 15.7. The van der Waals surface area contributed by atoms with Crippen LogP contribution in [-0.4, -0.2) is 25.7 Å². The maximum atomic E-state index is 13.2. The number of pyridine rings is 1. The summed E-state index contributed by atoms with van der Waals surface area (Å²) in [6.45, 7) is 0. The first-order chi connectivity index (χ1) is 12.5. The minimum Gasteiger partial charge on any atom is -0.875 e. The van der Waals surface area contributed by atoms with Gasteiger partial charge in [0.05, 0.1) is 5.57 Å². The molecule has 1 atom stereocenters. The van der Waals surface area contributed by atoms with E-state index in [2.05, 4.69) is 0 Å². The number of hydrogen-bond acceptors (Lipinski definition) is 4. The molecule has 1 heterocycles. The number of anilines is 1. The van der Waals surface area contributed by atoms with Crippen LogP contribution in [0.15, 0.2) is 66.2 Å². The quantitative estimate of drug-likeness (QED) is 0.610. The molecule has 0 amide bonds. The third kappa shape index (κ3) is 3.52. The lowest BCUT2D eigenvalue weighted by Gasteiger charge is -2.26. The number of aromatic nitrogens is 1. The average Bonchev–Trinajstić information content (AvgIpc) is 2.65. The van der Waals surface area contributed by atoms with Gasteiger partial charge in [-0.1, -0.05) is 30.3 Å². The lowest BCUT2D eigenvalue weighted by molar-refractivity contribution is -0.699. The molecule has 0 N–H and O–H groups in total. The highest BCUT2D eigenvalue weighted by Gasteiger charge is 2.37. The summed E-state index contributed by atoms with van der Waals surface area (Å²) in [4.78, 5) is 27.6. The number of carbonyl (C=O) groups excluding carboxylic acids is 2. The van der Waals surface area contributed by atoms with Crippen LogP contribution in [0.1, 0.15) is 35.7 Å². The van der Waals surface area contributed by atoms with E-state index < -0.39 is 6.04 Å². The molecule has 1 aromatic heterocycles. The van der Waals surface area contributed by atoms with Crippen LogP contribution in [0.2, 0.25) is 0 Å². The summed E-state index contributed by atoms with van der Waals surface area (Å²) in [5.41, 5.74) is 1.56. The molecule has 1 aliphatic rings. The van der Waals surface area contributed by atoms with Crippen molar-refractivity contribution in [2.75, 3.05) is 19.0 Å². The molecule has 5 heteroatoms. The zero-order chi connectivity index (χ0) is 18.7. The second-order valence-electron chi connectivity index (χ2n) is 6.64. The Morgan fingerprint density at radius 1 is 1.08 bits per heavy atom. The number of benzene rings is 1. The molecule has 2 aromatic rings. The van der Waals surface area contributed by atoms with Crippen LogP contribution < -0.4 is 14.6 Å². The van der Waals surface area contributed by atoms with Crippen LogP contribution in [0.5, 0.6) is 0 Å². The van der Waals surface area contributed by atoms with Gasteiger partial charge in [-0.05, 0) is 12.8 Å². The fourth-order valence-corrected chi connectivity index (χ4v) is 3.22. The number of hydrogen-bond donors (Lipinski definition) is 0. The van der Waals surface area contributed by atoms with E-state index in [1.54, 1.807) is 41.2 Å². The Hall–Kier alpha value is -2.95. The summed E-state index contributed by atoms with van der Waals surface area (Å²) in [5, 5.41) is 12.5. The molecule has 1 unspecified atom stereocenters. The van der Waals surface area contributed by atoms with E-state index in [9.17, 15) is 14.7 Å². The van der Waals surface area contributed by atoms with Crippen molar-refractivity contribution in [1.82, 2.24) is 0 Å². The summed E-state index contributed by atoms with van der Waals surface area (Å²) < 4.78 is 1.67. The smallest absolute Gasteiger partial charge is 0.248 e. The predicted molar refractivity (Wildman–Crippen MR) is 96.7 cm³/mol. The maximum Gasteiger partial charge on any atom is 0.248 e. The SMILES string of the molecule is CN(C)c1cc[n+](C(C(=O)c2ccccc2)C2=C([O-])CCCC2=O)cc1. The topological polar surface area (TPSA) is 64.3 Å². The Morgan fingerprint density at radius 3 is 2.31 bits per heavy atom. The van der Waals surface area contributed by atoms with Crippen LogP contribution in [0.25, 0.3) is 0 Å². The lowest BCUT2D eigenvalue weighted by Crippen LogP contribution is -2.47. The largest absolute Gasteiger partial charge is 0.875 e. The molecule has 1 aromatic carbocycles. The van der Waals surface area contributed by atoms with E-state index in [4.69, 9.17) is 0 Å². The van der Waals surface area contributed by atoms with Crippen LogP contribution in [0.4, 0.5) is 5.69 Å². The van der Waals surface area contributed by atoms with Gasteiger partial charge in [-0.15, -0.1) is 5.76 Å². The molecule has 0 radical (unpaired) electrons. The molecular formula is C21H22N2O3. The van der Waals surface area contributed by atoms with E-state index in [0.29, 0.717) is 24.8 Å². The zero-order valence-corrected chi connectivity index (χ0v) is 15.0. The molecule has 5 nitrogen and oxygen atoms in total. The first-order valence-electron chi connectivity index (χ1n) is 8.69. The monoisotopic (exact) mass is 350 g/mol. The van der Waals surface area contributed by atoms with Crippen molar-refractivity contribution in [3.8, 4) is 0 Å². The standard InChI is InChI=1S/C21H22N2O3/c1-22(2)16-11-13-23(14-12-16)20(19-17(24)9-6-10-18(19)25)21(26)15-7-4-3-5-8-15/h3-5,7-8,11-14,20H,6,9-10H2,1-2H3. The van der Waals surface area contributed by atoms with Gasteiger partial charge < -0.3 is 10.0 Å². The summed E-state index contributed by atoms with van der Waals surface area (Å²) in [7, 11) is 3.85. The van der Waals surface area contributed by atoms with Gasteiger partial charge >= 0.3 is 0 Å².